The topological polar surface area (TPSA) is 69.7 Å². The summed E-state index contributed by atoms with van der Waals surface area (Å²) in [5, 5.41) is 2.94. The summed E-state index contributed by atoms with van der Waals surface area (Å²) >= 11 is 0. The van der Waals surface area contributed by atoms with Gasteiger partial charge in [0, 0.05) is 31.3 Å². The zero-order chi connectivity index (χ0) is 22.8. The molecule has 0 aromatic heterocycles. The van der Waals surface area contributed by atoms with Crippen LogP contribution < -0.4 is 10.2 Å². The van der Waals surface area contributed by atoms with E-state index in [-0.39, 0.29) is 17.7 Å². The molecule has 0 unspecified atom stereocenters. The predicted molar refractivity (Wildman–Crippen MR) is 124 cm³/mol. The molecule has 0 aliphatic carbocycles. The van der Waals surface area contributed by atoms with Gasteiger partial charge in [0.2, 0.25) is 0 Å². The molecule has 0 saturated carbocycles. The molecule has 0 bridgehead atoms. The molecule has 2 heterocycles. The average Bonchev–Trinajstić information content (AvgIpc) is 3.08. The molecule has 32 heavy (non-hydrogen) atoms. The second kappa shape index (κ2) is 8.99. The molecule has 3 amide bonds. The van der Waals surface area contributed by atoms with E-state index in [2.05, 4.69) is 18.3 Å². The van der Waals surface area contributed by atoms with Crippen LogP contribution in [0.3, 0.4) is 0 Å². The van der Waals surface area contributed by atoms with Crippen molar-refractivity contribution in [3.63, 3.8) is 0 Å². The highest BCUT2D eigenvalue weighted by atomic mass is 16.2. The number of carbonyl (C=O) groups excluding carboxylic acids is 3. The fourth-order valence-electron chi connectivity index (χ4n) is 4.21. The number of amides is 3. The minimum Gasteiger partial charge on any atom is -0.367 e. The Hall–Kier alpha value is -3.41. The number of carbonyl (C=O) groups is 3. The number of nitrogens with zero attached hydrogens (tertiary/aromatic N) is 2. The first-order valence-electron chi connectivity index (χ1n) is 11.1. The Kier molecular flexibility index (Phi) is 6.12. The van der Waals surface area contributed by atoms with E-state index in [9.17, 15) is 14.4 Å². The summed E-state index contributed by atoms with van der Waals surface area (Å²) in [4.78, 5) is 41.3. The van der Waals surface area contributed by atoms with Crippen LogP contribution in [0.5, 0.6) is 0 Å². The molecule has 2 aliphatic rings. The van der Waals surface area contributed by atoms with Gasteiger partial charge in [-0.25, -0.2) is 4.90 Å². The van der Waals surface area contributed by atoms with E-state index in [1.165, 1.54) is 11.0 Å². The van der Waals surface area contributed by atoms with Gasteiger partial charge in [-0.1, -0.05) is 30.7 Å². The molecular formula is C26H29N3O3. The summed E-state index contributed by atoms with van der Waals surface area (Å²) < 4.78 is 0. The lowest BCUT2D eigenvalue weighted by molar-refractivity contribution is -0.121. The molecule has 4 rings (SSSR count). The second-order valence-electron chi connectivity index (χ2n) is 8.84. The first-order valence-corrected chi connectivity index (χ1v) is 11.1. The molecule has 0 spiro atoms. The Balaban J connectivity index is 1.41. The number of aryl methyl sites for hydroxylation is 2. The fraction of sp³-hybridized carbons (Fsp3) is 0.346. The van der Waals surface area contributed by atoms with Gasteiger partial charge in [-0.3, -0.25) is 14.4 Å². The number of rotatable bonds is 5. The second-order valence-corrected chi connectivity index (χ2v) is 8.84. The Labute approximate surface area is 188 Å². The number of benzene rings is 2. The number of imide groups is 1. The summed E-state index contributed by atoms with van der Waals surface area (Å²) in [6.07, 6.45) is 3.47. The van der Waals surface area contributed by atoms with E-state index in [1.807, 2.05) is 30.9 Å². The molecular weight excluding hydrogens is 402 g/mol. The van der Waals surface area contributed by atoms with Crippen molar-refractivity contribution in [1.82, 2.24) is 10.2 Å². The highest BCUT2D eigenvalue weighted by Crippen LogP contribution is 2.28. The van der Waals surface area contributed by atoms with Crippen LogP contribution in [-0.4, -0.2) is 35.7 Å². The number of piperidine rings is 1. The molecule has 166 valence electrons. The van der Waals surface area contributed by atoms with Gasteiger partial charge in [0.15, 0.2) is 0 Å². The van der Waals surface area contributed by atoms with Crippen LogP contribution in [0, 0.1) is 19.8 Å². The molecule has 1 saturated heterocycles. The van der Waals surface area contributed by atoms with Crippen LogP contribution in [0.2, 0.25) is 0 Å². The number of anilines is 1. The maximum atomic E-state index is 13.0. The monoisotopic (exact) mass is 431 g/mol. The Morgan fingerprint density at radius 3 is 2.41 bits per heavy atom. The van der Waals surface area contributed by atoms with E-state index in [1.54, 1.807) is 24.3 Å². The van der Waals surface area contributed by atoms with E-state index in [4.69, 9.17) is 0 Å². The SMILES string of the molecule is Cc1ccc(C)c(CNC(=O)c2ccc(N3C(=O)C=C(N4CCC(C)CC4)C3=O)cc2)c1. The van der Waals surface area contributed by atoms with Crippen molar-refractivity contribution in [3.05, 3.63) is 76.5 Å². The van der Waals surface area contributed by atoms with Crippen molar-refractivity contribution in [2.45, 2.75) is 40.2 Å². The first-order chi connectivity index (χ1) is 15.3. The van der Waals surface area contributed by atoms with Crippen LogP contribution in [-0.2, 0) is 16.1 Å². The predicted octanol–water partition coefficient (Wildman–Crippen LogP) is 3.72. The molecule has 2 aromatic carbocycles. The lowest BCUT2D eigenvalue weighted by Crippen LogP contribution is -2.38. The van der Waals surface area contributed by atoms with Crippen LogP contribution in [0.15, 0.2) is 54.2 Å². The average molecular weight is 432 g/mol. The van der Waals surface area contributed by atoms with Gasteiger partial charge in [0.1, 0.15) is 5.70 Å². The Bertz CT molecular complexity index is 1080. The third-order valence-corrected chi connectivity index (χ3v) is 6.36. The zero-order valence-corrected chi connectivity index (χ0v) is 18.9. The van der Waals surface area contributed by atoms with E-state index in [0.29, 0.717) is 29.4 Å². The van der Waals surface area contributed by atoms with E-state index in [0.717, 1.165) is 42.6 Å². The largest absolute Gasteiger partial charge is 0.367 e. The molecule has 6 nitrogen and oxygen atoms in total. The van der Waals surface area contributed by atoms with Crippen molar-refractivity contribution >= 4 is 23.4 Å². The van der Waals surface area contributed by atoms with E-state index < -0.39 is 0 Å². The fourth-order valence-corrected chi connectivity index (χ4v) is 4.21. The van der Waals surface area contributed by atoms with Crippen molar-refractivity contribution in [2.75, 3.05) is 18.0 Å². The smallest absolute Gasteiger partial charge is 0.281 e. The van der Waals surface area contributed by atoms with Crippen LogP contribution in [0.1, 0.15) is 46.8 Å². The number of likely N-dealkylation sites (tertiary alicyclic amines) is 1. The van der Waals surface area contributed by atoms with Gasteiger partial charge in [-0.05, 0) is 68.0 Å². The molecule has 0 atom stereocenters. The van der Waals surface area contributed by atoms with Crippen LogP contribution in [0.25, 0.3) is 0 Å². The number of nitrogens with one attached hydrogen (secondary N) is 1. The maximum Gasteiger partial charge on any atom is 0.281 e. The lowest BCUT2D eigenvalue weighted by atomic mass is 9.99. The summed E-state index contributed by atoms with van der Waals surface area (Å²) in [6, 6.07) is 12.8. The molecule has 1 fully saturated rings. The summed E-state index contributed by atoms with van der Waals surface area (Å²) in [7, 11) is 0. The van der Waals surface area contributed by atoms with E-state index >= 15 is 0 Å². The van der Waals surface area contributed by atoms with Gasteiger partial charge < -0.3 is 10.2 Å². The highest BCUT2D eigenvalue weighted by molar-refractivity contribution is 6.30. The molecule has 2 aliphatic heterocycles. The van der Waals surface area contributed by atoms with Crippen molar-refractivity contribution in [1.29, 1.82) is 0 Å². The molecule has 0 radical (unpaired) electrons. The normalized spacial score (nSPS) is 17.0. The standard InChI is InChI=1S/C26H29N3O3/c1-17-10-12-28(13-11-17)23-15-24(30)29(26(23)32)22-8-6-20(7-9-22)25(31)27-16-21-14-18(2)4-5-19(21)3/h4-9,14-15,17H,10-13,16H2,1-3H3,(H,27,31). The molecule has 2 aromatic rings. The lowest BCUT2D eigenvalue weighted by Gasteiger charge is -2.32. The van der Waals surface area contributed by atoms with Crippen molar-refractivity contribution in [2.24, 2.45) is 5.92 Å². The zero-order valence-electron chi connectivity index (χ0n) is 18.9. The highest BCUT2D eigenvalue weighted by Gasteiger charge is 2.36. The summed E-state index contributed by atoms with van der Waals surface area (Å²) in [5.41, 5.74) is 4.78. The minimum atomic E-state index is -0.337. The van der Waals surface area contributed by atoms with Crippen LogP contribution in [0.4, 0.5) is 5.69 Å². The number of hydrogen-bond acceptors (Lipinski definition) is 4. The van der Waals surface area contributed by atoms with Gasteiger partial charge in [0.05, 0.1) is 5.69 Å². The maximum absolute atomic E-state index is 13.0. The van der Waals surface area contributed by atoms with Gasteiger partial charge in [-0.2, -0.15) is 0 Å². The Morgan fingerprint density at radius 2 is 1.72 bits per heavy atom. The quantitative estimate of drug-likeness (QED) is 0.733. The number of hydrogen-bond donors (Lipinski definition) is 1. The van der Waals surface area contributed by atoms with Gasteiger partial charge in [0.25, 0.3) is 17.7 Å². The first kappa shape index (κ1) is 21.8. The third kappa shape index (κ3) is 4.44. The van der Waals surface area contributed by atoms with Crippen molar-refractivity contribution in [3.8, 4) is 0 Å². The van der Waals surface area contributed by atoms with Gasteiger partial charge in [-0.15, -0.1) is 0 Å². The molecule has 6 heteroatoms. The molecule has 1 N–H and O–H groups in total. The van der Waals surface area contributed by atoms with Crippen molar-refractivity contribution < 1.29 is 14.4 Å². The Morgan fingerprint density at radius 1 is 1.03 bits per heavy atom. The summed E-state index contributed by atoms with van der Waals surface area (Å²) in [6.45, 7) is 8.28. The summed E-state index contributed by atoms with van der Waals surface area (Å²) in [5.74, 6) is -0.186. The third-order valence-electron chi connectivity index (χ3n) is 6.36. The van der Waals surface area contributed by atoms with Gasteiger partial charge >= 0.3 is 0 Å². The minimum absolute atomic E-state index is 0.196. The van der Waals surface area contributed by atoms with Crippen LogP contribution >= 0.6 is 0 Å².